The lowest BCUT2D eigenvalue weighted by atomic mass is 10.1. The van der Waals surface area contributed by atoms with Gasteiger partial charge in [-0.25, -0.2) is 9.59 Å². The number of amides is 4. The maximum absolute atomic E-state index is 12.5. The number of aryl methyl sites for hydroxylation is 1. The van der Waals surface area contributed by atoms with Crippen LogP contribution in [0.1, 0.15) is 15.9 Å². The molecule has 1 fully saturated rings. The lowest BCUT2D eigenvalue weighted by Crippen LogP contribution is -2.25. The topological polar surface area (TPSA) is 100 Å². The van der Waals surface area contributed by atoms with Crippen molar-refractivity contribution in [1.29, 1.82) is 0 Å². The Morgan fingerprint density at radius 1 is 1.13 bits per heavy atom. The van der Waals surface area contributed by atoms with Gasteiger partial charge in [-0.3, -0.25) is 9.69 Å². The lowest BCUT2D eigenvalue weighted by Gasteiger charge is -2.18. The average Bonchev–Trinajstić information content (AvgIpc) is 3.14. The number of nitrogens with one attached hydrogen (secondary N) is 2. The van der Waals surface area contributed by atoms with Crippen molar-refractivity contribution >= 4 is 35.1 Å². The molecule has 4 amide bonds. The van der Waals surface area contributed by atoms with Gasteiger partial charge in [0.15, 0.2) is 0 Å². The summed E-state index contributed by atoms with van der Waals surface area (Å²) in [6.45, 7) is 2.53. The number of anilines is 3. The van der Waals surface area contributed by atoms with E-state index in [1.165, 1.54) is 16.9 Å². The molecule has 0 unspecified atom stereocenters. The third-order valence-corrected chi connectivity index (χ3v) is 4.63. The molecule has 1 heterocycles. The number of carbonyl (C=O) groups excluding carboxylic acids is 3. The summed E-state index contributed by atoms with van der Waals surface area (Å²) in [5, 5.41) is 5.50. The number of carbonyl (C=O) groups is 3. The predicted octanol–water partition coefficient (Wildman–Crippen LogP) is 3.31. The standard InChI is InChI=1S/C21H24N4O5/c1-13-5-6-14(19(26)24(2)3)11-16(13)23-20(27)22-15-7-8-18(29-4)17(12-15)25-9-10-30-21(25)28/h5-8,11-12H,9-10H2,1-4H3,(H2,22,23,27). The van der Waals surface area contributed by atoms with Crippen molar-refractivity contribution < 1.29 is 23.9 Å². The van der Waals surface area contributed by atoms with E-state index in [4.69, 9.17) is 9.47 Å². The van der Waals surface area contributed by atoms with Crippen LogP contribution in [0.5, 0.6) is 5.75 Å². The Morgan fingerprint density at radius 3 is 2.53 bits per heavy atom. The first-order valence-corrected chi connectivity index (χ1v) is 9.33. The Balaban J connectivity index is 1.77. The molecule has 2 N–H and O–H groups in total. The average molecular weight is 412 g/mol. The van der Waals surface area contributed by atoms with Crippen LogP contribution in [0.15, 0.2) is 36.4 Å². The third kappa shape index (κ3) is 4.45. The first-order chi connectivity index (χ1) is 14.3. The number of methoxy groups -OCH3 is 1. The normalized spacial score (nSPS) is 12.9. The molecule has 1 aliphatic rings. The van der Waals surface area contributed by atoms with Gasteiger partial charge in [0, 0.05) is 31.0 Å². The molecule has 1 saturated heterocycles. The number of nitrogens with zero attached hydrogens (tertiary/aromatic N) is 2. The number of hydrogen-bond acceptors (Lipinski definition) is 5. The number of urea groups is 1. The van der Waals surface area contributed by atoms with E-state index in [9.17, 15) is 14.4 Å². The van der Waals surface area contributed by atoms with E-state index in [-0.39, 0.29) is 5.91 Å². The second kappa shape index (κ2) is 8.73. The predicted molar refractivity (Wildman–Crippen MR) is 114 cm³/mol. The minimum absolute atomic E-state index is 0.157. The van der Waals surface area contributed by atoms with Crippen molar-refractivity contribution in [3.05, 3.63) is 47.5 Å². The maximum Gasteiger partial charge on any atom is 0.414 e. The van der Waals surface area contributed by atoms with Crippen LogP contribution in [0, 0.1) is 6.92 Å². The van der Waals surface area contributed by atoms with Gasteiger partial charge in [0.25, 0.3) is 5.91 Å². The summed E-state index contributed by atoms with van der Waals surface area (Å²) < 4.78 is 10.3. The minimum atomic E-state index is -0.479. The molecule has 2 aromatic carbocycles. The summed E-state index contributed by atoms with van der Waals surface area (Å²) >= 11 is 0. The van der Waals surface area contributed by atoms with Crippen LogP contribution in [-0.2, 0) is 4.74 Å². The molecule has 30 heavy (non-hydrogen) atoms. The Morgan fingerprint density at radius 2 is 1.90 bits per heavy atom. The second-order valence-corrected chi connectivity index (χ2v) is 6.96. The van der Waals surface area contributed by atoms with Crippen LogP contribution in [0.4, 0.5) is 26.7 Å². The Kier molecular flexibility index (Phi) is 6.10. The fourth-order valence-corrected chi connectivity index (χ4v) is 3.02. The van der Waals surface area contributed by atoms with Crippen LogP contribution >= 0.6 is 0 Å². The number of ether oxygens (including phenoxy) is 2. The highest BCUT2D eigenvalue weighted by atomic mass is 16.6. The van der Waals surface area contributed by atoms with Gasteiger partial charge >= 0.3 is 12.1 Å². The van der Waals surface area contributed by atoms with Crippen LogP contribution < -0.4 is 20.3 Å². The Hall–Kier alpha value is -3.75. The number of hydrogen-bond donors (Lipinski definition) is 2. The van der Waals surface area contributed by atoms with Crippen molar-refractivity contribution in [3.8, 4) is 5.75 Å². The minimum Gasteiger partial charge on any atom is -0.495 e. The maximum atomic E-state index is 12.5. The van der Waals surface area contributed by atoms with E-state index in [2.05, 4.69) is 10.6 Å². The van der Waals surface area contributed by atoms with Gasteiger partial charge in [0.2, 0.25) is 0 Å². The monoisotopic (exact) mass is 412 g/mol. The van der Waals surface area contributed by atoms with Gasteiger partial charge in [0.05, 0.1) is 19.3 Å². The first kappa shape index (κ1) is 21.0. The van der Waals surface area contributed by atoms with E-state index >= 15 is 0 Å². The molecule has 0 aliphatic carbocycles. The summed E-state index contributed by atoms with van der Waals surface area (Å²) in [5.41, 5.74) is 2.79. The highest BCUT2D eigenvalue weighted by Crippen LogP contribution is 2.33. The van der Waals surface area contributed by atoms with E-state index in [1.54, 1.807) is 50.5 Å². The summed E-state index contributed by atoms with van der Waals surface area (Å²) in [6, 6.07) is 9.62. The molecular formula is C21H24N4O5. The molecule has 0 radical (unpaired) electrons. The molecule has 0 atom stereocenters. The van der Waals surface area contributed by atoms with Crippen LogP contribution in [0.25, 0.3) is 0 Å². The zero-order chi connectivity index (χ0) is 21.8. The smallest absolute Gasteiger partial charge is 0.414 e. The third-order valence-electron chi connectivity index (χ3n) is 4.63. The molecule has 2 aromatic rings. The summed E-state index contributed by atoms with van der Waals surface area (Å²) in [5.74, 6) is 0.335. The zero-order valence-electron chi connectivity index (χ0n) is 17.3. The fourth-order valence-electron chi connectivity index (χ4n) is 3.02. The molecule has 3 rings (SSSR count). The second-order valence-electron chi connectivity index (χ2n) is 6.96. The molecule has 9 nitrogen and oxygen atoms in total. The summed E-state index contributed by atoms with van der Waals surface area (Å²) in [4.78, 5) is 39.5. The number of rotatable bonds is 5. The highest BCUT2D eigenvalue weighted by molar-refractivity contribution is 6.02. The van der Waals surface area contributed by atoms with Crippen molar-refractivity contribution in [2.24, 2.45) is 0 Å². The quantitative estimate of drug-likeness (QED) is 0.785. The SMILES string of the molecule is COc1ccc(NC(=O)Nc2cc(C(=O)N(C)C)ccc2C)cc1N1CCOC1=O. The van der Waals surface area contributed by atoms with E-state index < -0.39 is 12.1 Å². The van der Waals surface area contributed by atoms with Gasteiger partial charge in [0.1, 0.15) is 12.4 Å². The zero-order valence-corrected chi connectivity index (χ0v) is 17.3. The van der Waals surface area contributed by atoms with Crippen molar-refractivity contribution in [2.45, 2.75) is 6.92 Å². The lowest BCUT2D eigenvalue weighted by molar-refractivity contribution is 0.0827. The van der Waals surface area contributed by atoms with Gasteiger partial charge in [-0.2, -0.15) is 0 Å². The Labute approximate surface area is 174 Å². The number of benzene rings is 2. The molecule has 1 aliphatic heterocycles. The molecule has 0 saturated carbocycles. The van der Waals surface area contributed by atoms with E-state index in [1.807, 2.05) is 6.92 Å². The van der Waals surface area contributed by atoms with E-state index in [0.717, 1.165) is 5.56 Å². The van der Waals surface area contributed by atoms with Crippen LogP contribution in [-0.4, -0.2) is 57.3 Å². The molecule has 0 spiro atoms. The molecule has 0 aromatic heterocycles. The first-order valence-electron chi connectivity index (χ1n) is 9.33. The highest BCUT2D eigenvalue weighted by Gasteiger charge is 2.26. The Bertz CT molecular complexity index is 989. The van der Waals surface area contributed by atoms with Gasteiger partial charge in [-0.05, 0) is 42.8 Å². The summed E-state index contributed by atoms with van der Waals surface area (Å²) in [7, 11) is 4.84. The fraction of sp³-hybridized carbons (Fsp3) is 0.286. The van der Waals surface area contributed by atoms with Crippen molar-refractivity contribution in [2.75, 3.05) is 49.9 Å². The van der Waals surface area contributed by atoms with Gasteiger partial charge in [-0.15, -0.1) is 0 Å². The van der Waals surface area contributed by atoms with Gasteiger partial charge < -0.3 is 25.0 Å². The molecular weight excluding hydrogens is 388 g/mol. The largest absolute Gasteiger partial charge is 0.495 e. The van der Waals surface area contributed by atoms with Crippen LogP contribution in [0.3, 0.4) is 0 Å². The van der Waals surface area contributed by atoms with E-state index in [0.29, 0.717) is 41.5 Å². The number of cyclic esters (lactones) is 1. The molecule has 158 valence electrons. The van der Waals surface area contributed by atoms with Gasteiger partial charge in [-0.1, -0.05) is 6.07 Å². The summed E-state index contributed by atoms with van der Waals surface area (Å²) in [6.07, 6.45) is -0.465. The molecule has 9 heteroatoms. The van der Waals surface area contributed by atoms with Crippen molar-refractivity contribution in [3.63, 3.8) is 0 Å². The van der Waals surface area contributed by atoms with Crippen LogP contribution in [0.2, 0.25) is 0 Å². The molecule has 0 bridgehead atoms. The van der Waals surface area contributed by atoms with Crippen molar-refractivity contribution in [1.82, 2.24) is 4.90 Å².